The molecule has 3 aromatic heterocycles. The van der Waals surface area contributed by atoms with Crippen LogP contribution in [0.2, 0.25) is 5.02 Å². The molecule has 0 aliphatic carbocycles. The van der Waals surface area contributed by atoms with E-state index in [4.69, 9.17) is 16.3 Å². The van der Waals surface area contributed by atoms with Crippen LogP contribution in [0.1, 0.15) is 28.1 Å². The number of halogens is 1. The minimum Gasteiger partial charge on any atom is -0.480 e. The molecule has 1 N–H and O–H groups in total. The summed E-state index contributed by atoms with van der Waals surface area (Å²) in [5.74, 6) is 1.47. The van der Waals surface area contributed by atoms with Gasteiger partial charge in [0.15, 0.2) is 6.10 Å². The molecule has 6 rings (SSSR count). The number of pyridine rings is 1. The zero-order valence-corrected chi connectivity index (χ0v) is 16.6. The lowest BCUT2D eigenvalue weighted by molar-refractivity contribution is 0.226. The maximum Gasteiger partial charge on any atom is 0.226 e. The maximum atomic E-state index is 6.52. The lowest BCUT2D eigenvalue weighted by Crippen LogP contribution is -2.32. The molecule has 0 spiro atoms. The Morgan fingerprint density at radius 1 is 1.17 bits per heavy atom. The van der Waals surface area contributed by atoms with Crippen LogP contribution in [-0.4, -0.2) is 19.7 Å². The van der Waals surface area contributed by atoms with Crippen molar-refractivity contribution >= 4 is 34.6 Å². The van der Waals surface area contributed by atoms with Crippen molar-refractivity contribution in [3.05, 3.63) is 93.2 Å². The minimum absolute atomic E-state index is 0.198. The van der Waals surface area contributed by atoms with E-state index in [-0.39, 0.29) is 12.1 Å². The fourth-order valence-corrected chi connectivity index (χ4v) is 4.92. The average Bonchev–Trinajstić information content (AvgIpc) is 3.44. The van der Waals surface area contributed by atoms with Gasteiger partial charge in [-0.3, -0.25) is 4.98 Å². The molecule has 0 saturated heterocycles. The van der Waals surface area contributed by atoms with Gasteiger partial charge in [-0.2, -0.15) is 10.1 Å². The molecule has 29 heavy (non-hydrogen) atoms. The smallest absolute Gasteiger partial charge is 0.226 e. The van der Waals surface area contributed by atoms with E-state index in [0.29, 0.717) is 11.0 Å². The van der Waals surface area contributed by atoms with Crippen LogP contribution in [0.5, 0.6) is 5.75 Å². The molecule has 0 saturated carbocycles. The zero-order chi connectivity index (χ0) is 19.4. The van der Waals surface area contributed by atoms with Crippen LogP contribution in [0.25, 0.3) is 5.70 Å². The third kappa shape index (κ3) is 2.58. The van der Waals surface area contributed by atoms with Crippen molar-refractivity contribution in [2.24, 2.45) is 0 Å². The predicted molar refractivity (Wildman–Crippen MR) is 112 cm³/mol. The number of ether oxygens (including phenoxy) is 1. The number of nitrogens with zero attached hydrogens (tertiary/aromatic N) is 4. The molecule has 4 aromatic rings. The lowest BCUT2D eigenvalue weighted by Gasteiger charge is -2.38. The second-order valence-electron chi connectivity index (χ2n) is 6.83. The van der Waals surface area contributed by atoms with Crippen molar-refractivity contribution in [2.45, 2.75) is 12.1 Å². The summed E-state index contributed by atoms with van der Waals surface area (Å²) in [5.41, 5.74) is 3.96. The van der Waals surface area contributed by atoms with E-state index in [2.05, 4.69) is 37.9 Å². The van der Waals surface area contributed by atoms with Crippen LogP contribution in [0.3, 0.4) is 0 Å². The molecule has 0 unspecified atom stereocenters. The van der Waals surface area contributed by atoms with Gasteiger partial charge in [-0.05, 0) is 41.3 Å². The first-order valence-electron chi connectivity index (χ1n) is 9.10. The molecule has 0 radical (unpaired) electrons. The number of nitrogens with one attached hydrogen (secondary N) is 1. The van der Waals surface area contributed by atoms with Crippen molar-refractivity contribution in [1.82, 2.24) is 19.7 Å². The van der Waals surface area contributed by atoms with Gasteiger partial charge >= 0.3 is 0 Å². The largest absolute Gasteiger partial charge is 0.480 e. The Labute approximate surface area is 175 Å². The Kier molecular flexibility index (Phi) is 3.72. The van der Waals surface area contributed by atoms with Gasteiger partial charge in [-0.1, -0.05) is 23.7 Å². The summed E-state index contributed by atoms with van der Waals surface area (Å²) in [6.45, 7) is 0. The molecule has 6 nitrogen and oxygen atoms in total. The van der Waals surface area contributed by atoms with Crippen LogP contribution in [0.4, 0.5) is 5.95 Å². The van der Waals surface area contributed by atoms with E-state index in [0.717, 1.165) is 33.0 Å². The minimum atomic E-state index is -0.256. The second-order valence-corrected chi connectivity index (χ2v) is 8.24. The Hall–Kier alpha value is -3.16. The number of thiophene rings is 1. The molecule has 8 heteroatoms. The van der Waals surface area contributed by atoms with Crippen molar-refractivity contribution < 1.29 is 4.74 Å². The Bertz CT molecular complexity index is 1240. The van der Waals surface area contributed by atoms with Crippen molar-refractivity contribution in [2.75, 3.05) is 5.32 Å². The second kappa shape index (κ2) is 6.43. The third-order valence-corrected chi connectivity index (χ3v) is 6.33. The molecular formula is C21H14ClN5OS. The highest BCUT2D eigenvalue weighted by molar-refractivity contribution is 7.10. The highest BCUT2D eigenvalue weighted by atomic mass is 35.5. The quantitative estimate of drug-likeness (QED) is 0.498. The van der Waals surface area contributed by atoms with Crippen LogP contribution in [0, 0.1) is 0 Å². The van der Waals surface area contributed by atoms with Gasteiger partial charge in [0.2, 0.25) is 5.95 Å². The monoisotopic (exact) mass is 419 g/mol. The molecule has 2 aliphatic heterocycles. The number of hydrogen-bond donors (Lipinski definition) is 1. The molecule has 0 amide bonds. The van der Waals surface area contributed by atoms with Crippen LogP contribution in [0.15, 0.2) is 72.1 Å². The topological polar surface area (TPSA) is 64.9 Å². The molecule has 5 heterocycles. The molecule has 2 aliphatic rings. The fourth-order valence-electron chi connectivity index (χ4n) is 3.98. The van der Waals surface area contributed by atoms with Crippen molar-refractivity contribution in [3.8, 4) is 5.75 Å². The van der Waals surface area contributed by atoms with Gasteiger partial charge in [0, 0.05) is 33.4 Å². The average molecular weight is 420 g/mol. The first-order chi connectivity index (χ1) is 14.3. The van der Waals surface area contributed by atoms with E-state index in [1.54, 1.807) is 23.9 Å². The van der Waals surface area contributed by atoms with Crippen molar-refractivity contribution in [3.63, 3.8) is 0 Å². The maximum absolute atomic E-state index is 6.52. The molecule has 142 valence electrons. The standard InChI is InChI=1S/C21H14ClN5OS/c22-13-5-6-15-14(9-13)18-17(20(28-15)16-4-2-8-29-16)19(12-3-1-7-23-10-12)27-21(26-18)24-11-25-27/h1-11,19-20H,(H,24,25,26)/t19-,20+/m0/s1. The van der Waals surface area contributed by atoms with Gasteiger partial charge in [-0.15, -0.1) is 11.3 Å². The summed E-state index contributed by atoms with van der Waals surface area (Å²) in [5, 5.41) is 10.7. The summed E-state index contributed by atoms with van der Waals surface area (Å²) in [6.07, 6.45) is 4.94. The van der Waals surface area contributed by atoms with Crippen molar-refractivity contribution in [1.29, 1.82) is 0 Å². The van der Waals surface area contributed by atoms with E-state index in [9.17, 15) is 0 Å². The number of anilines is 1. The van der Waals surface area contributed by atoms with Gasteiger partial charge in [0.05, 0.1) is 5.70 Å². The summed E-state index contributed by atoms with van der Waals surface area (Å²) in [4.78, 5) is 9.88. The molecule has 0 fully saturated rings. The van der Waals surface area contributed by atoms with Crippen LogP contribution < -0.4 is 10.1 Å². The Morgan fingerprint density at radius 2 is 2.14 bits per heavy atom. The van der Waals surface area contributed by atoms with E-state index >= 15 is 0 Å². The van der Waals surface area contributed by atoms with Gasteiger partial charge in [0.25, 0.3) is 0 Å². The zero-order valence-electron chi connectivity index (χ0n) is 15.0. The number of fused-ring (bicyclic) bond motifs is 3. The summed E-state index contributed by atoms with van der Waals surface area (Å²) >= 11 is 8.00. The Morgan fingerprint density at radius 3 is 2.97 bits per heavy atom. The number of hydrogen-bond acceptors (Lipinski definition) is 6. The van der Waals surface area contributed by atoms with Gasteiger partial charge < -0.3 is 10.1 Å². The first kappa shape index (κ1) is 16.8. The van der Waals surface area contributed by atoms with Gasteiger partial charge in [0.1, 0.15) is 18.1 Å². The van der Waals surface area contributed by atoms with E-state index < -0.39 is 0 Å². The van der Waals surface area contributed by atoms with Gasteiger partial charge in [-0.25, -0.2) is 4.68 Å². The van der Waals surface area contributed by atoms with E-state index in [1.165, 1.54) is 0 Å². The Balaban J connectivity index is 1.66. The number of aromatic nitrogens is 4. The molecule has 0 bridgehead atoms. The molecule has 1 aromatic carbocycles. The highest BCUT2D eigenvalue weighted by Gasteiger charge is 2.41. The normalized spacial score (nSPS) is 19.6. The summed E-state index contributed by atoms with van der Waals surface area (Å²) in [6, 6.07) is 13.6. The molecular weight excluding hydrogens is 406 g/mol. The fraction of sp³-hybridized carbons (Fsp3) is 0.0952. The summed E-state index contributed by atoms with van der Waals surface area (Å²) in [7, 11) is 0. The number of benzene rings is 1. The third-order valence-electron chi connectivity index (χ3n) is 5.18. The van der Waals surface area contributed by atoms with Crippen LogP contribution in [-0.2, 0) is 0 Å². The first-order valence-corrected chi connectivity index (χ1v) is 10.4. The van der Waals surface area contributed by atoms with E-state index in [1.807, 2.05) is 41.2 Å². The van der Waals surface area contributed by atoms with Crippen LogP contribution >= 0.6 is 22.9 Å². The number of rotatable bonds is 2. The summed E-state index contributed by atoms with van der Waals surface area (Å²) < 4.78 is 8.40. The molecule has 2 atom stereocenters. The lowest BCUT2D eigenvalue weighted by atomic mass is 9.87. The highest BCUT2D eigenvalue weighted by Crippen LogP contribution is 2.51. The predicted octanol–water partition coefficient (Wildman–Crippen LogP) is 4.95. The SMILES string of the molecule is Clc1ccc2c(c1)C1=C([C@H](c3cccnc3)n3ncnc3N1)[C@@H](c1cccs1)O2.